The van der Waals surface area contributed by atoms with Gasteiger partial charge >= 0.3 is 0 Å². The van der Waals surface area contributed by atoms with Crippen LogP contribution in [-0.2, 0) is 0 Å². The van der Waals surface area contributed by atoms with Crippen LogP contribution in [-0.4, -0.2) is 30.7 Å². The lowest BCUT2D eigenvalue weighted by Gasteiger charge is -2.28. The molecule has 0 bridgehead atoms. The van der Waals surface area contributed by atoms with E-state index in [4.69, 9.17) is 4.98 Å². The molecule has 5 rings (SSSR count). The molecule has 0 atom stereocenters. The summed E-state index contributed by atoms with van der Waals surface area (Å²) in [6.45, 7) is 1.88. The highest BCUT2D eigenvalue weighted by atomic mass is 19.1. The van der Waals surface area contributed by atoms with Crippen molar-refractivity contribution in [1.29, 1.82) is 0 Å². The Hall–Kier alpha value is -3.65. The summed E-state index contributed by atoms with van der Waals surface area (Å²) in [6.07, 6.45) is 6.27. The number of halogens is 2. The summed E-state index contributed by atoms with van der Waals surface area (Å²) in [7, 11) is 0. The van der Waals surface area contributed by atoms with E-state index in [0.29, 0.717) is 23.0 Å². The molecule has 2 aromatic carbocycles. The van der Waals surface area contributed by atoms with E-state index in [1.54, 1.807) is 30.7 Å². The smallest absolute Gasteiger partial charge is 0.227 e. The molecule has 0 radical (unpaired) electrons. The second kappa shape index (κ2) is 9.30. The van der Waals surface area contributed by atoms with Gasteiger partial charge in [-0.05, 0) is 80.6 Å². The maximum Gasteiger partial charge on any atom is 0.227 e. The molecule has 2 heterocycles. The van der Waals surface area contributed by atoms with Crippen LogP contribution in [0.25, 0.3) is 22.6 Å². The molecular weight excluding hydrogens is 436 g/mol. The Bertz CT molecular complexity index is 1300. The summed E-state index contributed by atoms with van der Waals surface area (Å²) in [5.74, 6) is -0.325. The molecule has 2 aromatic heterocycles. The van der Waals surface area contributed by atoms with E-state index in [-0.39, 0.29) is 23.8 Å². The molecule has 0 saturated heterocycles. The molecule has 1 aliphatic carbocycles. The number of nitrogens with zero attached hydrogens (tertiary/aromatic N) is 4. The lowest BCUT2D eigenvalue weighted by atomic mass is 9.92. The van der Waals surface area contributed by atoms with Crippen molar-refractivity contribution in [3.8, 4) is 22.6 Å². The second-order valence-corrected chi connectivity index (χ2v) is 8.67. The SMILES string of the molecule is Cc1ccc(F)cc1Nc1nccc(-c2c(-c3ccc(F)cc3)ncn2C2CCC(O)CC2)n1. The number of aliphatic hydroxyl groups excluding tert-OH is 1. The number of anilines is 2. The van der Waals surface area contributed by atoms with Gasteiger partial charge in [-0.1, -0.05) is 6.07 Å². The van der Waals surface area contributed by atoms with E-state index in [1.807, 2.05) is 13.0 Å². The van der Waals surface area contributed by atoms with Gasteiger partial charge in [0.05, 0.1) is 29.5 Å². The third-order valence-electron chi connectivity index (χ3n) is 6.32. The van der Waals surface area contributed by atoms with Crippen molar-refractivity contribution in [3.05, 3.63) is 78.3 Å². The first-order chi connectivity index (χ1) is 16.5. The Balaban J connectivity index is 1.57. The van der Waals surface area contributed by atoms with Gasteiger partial charge in [0.1, 0.15) is 11.6 Å². The molecule has 1 aliphatic rings. The van der Waals surface area contributed by atoms with Crippen molar-refractivity contribution >= 4 is 11.6 Å². The molecule has 1 fully saturated rings. The van der Waals surface area contributed by atoms with Crippen molar-refractivity contribution in [2.24, 2.45) is 0 Å². The highest BCUT2D eigenvalue weighted by Crippen LogP contribution is 2.37. The zero-order valence-corrected chi connectivity index (χ0v) is 18.7. The number of aromatic nitrogens is 4. The fourth-order valence-electron chi connectivity index (χ4n) is 4.45. The van der Waals surface area contributed by atoms with E-state index in [9.17, 15) is 13.9 Å². The molecule has 8 heteroatoms. The van der Waals surface area contributed by atoms with E-state index >= 15 is 0 Å². The topological polar surface area (TPSA) is 75.9 Å². The van der Waals surface area contributed by atoms with Crippen LogP contribution < -0.4 is 5.32 Å². The van der Waals surface area contributed by atoms with Crippen molar-refractivity contribution in [2.45, 2.75) is 44.8 Å². The van der Waals surface area contributed by atoms with Gasteiger partial charge in [-0.25, -0.2) is 23.7 Å². The van der Waals surface area contributed by atoms with E-state index in [1.165, 1.54) is 24.3 Å². The number of rotatable bonds is 5. The van der Waals surface area contributed by atoms with Crippen molar-refractivity contribution < 1.29 is 13.9 Å². The first-order valence-electron chi connectivity index (χ1n) is 11.4. The first-order valence-corrected chi connectivity index (χ1v) is 11.4. The van der Waals surface area contributed by atoms with Crippen LogP contribution in [0.2, 0.25) is 0 Å². The number of benzene rings is 2. The maximum atomic E-state index is 13.8. The summed E-state index contributed by atoms with van der Waals surface area (Å²) in [5, 5.41) is 13.1. The summed E-state index contributed by atoms with van der Waals surface area (Å²) in [5.41, 5.74) is 4.38. The lowest BCUT2D eigenvalue weighted by Crippen LogP contribution is -2.21. The van der Waals surface area contributed by atoms with Gasteiger partial charge in [0.15, 0.2) is 0 Å². The van der Waals surface area contributed by atoms with Crippen LogP contribution in [0.3, 0.4) is 0 Å². The number of nitrogens with one attached hydrogen (secondary N) is 1. The third kappa shape index (κ3) is 4.54. The summed E-state index contributed by atoms with van der Waals surface area (Å²) in [6, 6.07) is 12.7. The highest BCUT2D eigenvalue weighted by molar-refractivity contribution is 5.77. The predicted molar refractivity (Wildman–Crippen MR) is 127 cm³/mol. The zero-order valence-electron chi connectivity index (χ0n) is 18.7. The number of hydrogen-bond acceptors (Lipinski definition) is 5. The Morgan fingerprint density at radius 1 is 0.941 bits per heavy atom. The average Bonchev–Trinajstić information content (AvgIpc) is 3.28. The standard InChI is InChI=1S/C26H25F2N5O/c1-16-2-5-19(28)14-23(16)32-26-29-13-12-22(31-26)25-24(17-3-6-18(27)7-4-17)30-15-33(25)20-8-10-21(34)11-9-20/h2-7,12-15,20-21,34H,8-11H2,1H3,(H,29,31,32). The van der Waals surface area contributed by atoms with Crippen LogP contribution in [0.1, 0.15) is 37.3 Å². The van der Waals surface area contributed by atoms with Crippen molar-refractivity contribution in [2.75, 3.05) is 5.32 Å². The van der Waals surface area contributed by atoms with E-state index < -0.39 is 0 Å². The van der Waals surface area contributed by atoms with Crippen LogP contribution in [0, 0.1) is 18.6 Å². The number of aryl methyl sites for hydroxylation is 1. The van der Waals surface area contributed by atoms with Crippen molar-refractivity contribution in [3.63, 3.8) is 0 Å². The van der Waals surface area contributed by atoms with Crippen LogP contribution in [0.15, 0.2) is 61.1 Å². The number of aliphatic hydroxyl groups is 1. The molecule has 4 aromatic rings. The summed E-state index contributed by atoms with van der Waals surface area (Å²) < 4.78 is 29.4. The third-order valence-corrected chi connectivity index (χ3v) is 6.32. The van der Waals surface area contributed by atoms with Gasteiger partial charge in [-0.2, -0.15) is 0 Å². The molecule has 6 nitrogen and oxygen atoms in total. The first kappa shape index (κ1) is 22.2. The number of hydrogen-bond donors (Lipinski definition) is 2. The summed E-state index contributed by atoms with van der Waals surface area (Å²) in [4.78, 5) is 13.7. The fraction of sp³-hybridized carbons (Fsp3) is 0.269. The Kier molecular flexibility index (Phi) is 6.06. The van der Waals surface area contributed by atoms with Crippen LogP contribution in [0.4, 0.5) is 20.4 Å². The molecule has 2 N–H and O–H groups in total. The minimum absolute atomic E-state index is 0.164. The molecule has 34 heavy (non-hydrogen) atoms. The molecule has 0 amide bonds. The van der Waals surface area contributed by atoms with Crippen LogP contribution >= 0.6 is 0 Å². The minimum atomic E-state index is -0.347. The van der Waals surface area contributed by atoms with Gasteiger partial charge in [-0.15, -0.1) is 0 Å². The van der Waals surface area contributed by atoms with E-state index in [2.05, 4.69) is 19.9 Å². The lowest BCUT2D eigenvalue weighted by molar-refractivity contribution is 0.111. The fourth-order valence-corrected chi connectivity index (χ4v) is 4.45. The molecule has 0 aliphatic heterocycles. The van der Waals surface area contributed by atoms with Gasteiger partial charge in [0, 0.05) is 23.5 Å². The summed E-state index contributed by atoms with van der Waals surface area (Å²) >= 11 is 0. The Morgan fingerprint density at radius 3 is 2.44 bits per heavy atom. The van der Waals surface area contributed by atoms with Crippen molar-refractivity contribution in [1.82, 2.24) is 19.5 Å². The molecule has 0 unspecified atom stereocenters. The largest absolute Gasteiger partial charge is 0.393 e. The molecular formula is C26H25F2N5O. The Morgan fingerprint density at radius 2 is 1.68 bits per heavy atom. The quantitative estimate of drug-likeness (QED) is 0.392. The molecule has 174 valence electrons. The second-order valence-electron chi connectivity index (χ2n) is 8.67. The normalized spacial score (nSPS) is 18.1. The van der Waals surface area contributed by atoms with E-state index in [0.717, 1.165) is 42.5 Å². The maximum absolute atomic E-state index is 13.8. The predicted octanol–water partition coefficient (Wildman–Crippen LogP) is 5.81. The highest BCUT2D eigenvalue weighted by Gasteiger charge is 2.26. The van der Waals surface area contributed by atoms with Gasteiger partial charge in [0.2, 0.25) is 5.95 Å². The monoisotopic (exact) mass is 461 g/mol. The van der Waals surface area contributed by atoms with Gasteiger partial charge in [-0.3, -0.25) is 0 Å². The van der Waals surface area contributed by atoms with Crippen LogP contribution in [0.5, 0.6) is 0 Å². The average molecular weight is 462 g/mol. The van der Waals surface area contributed by atoms with Gasteiger partial charge in [0.25, 0.3) is 0 Å². The van der Waals surface area contributed by atoms with Gasteiger partial charge < -0.3 is 15.0 Å². The Labute approximate surface area is 196 Å². The molecule has 1 saturated carbocycles. The zero-order chi connectivity index (χ0) is 23.7. The minimum Gasteiger partial charge on any atom is -0.393 e. The number of imidazole rings is 1. The molecule has 0 spiro atoms.